The standard InChI is InChI=1S/C6H12N4OSi/c1-12(2,3)11-6-9-4-8-5(7)10-6/h4H,1-3H3,(H2,7,8,9,10). The van der Waals surface area contributed by atoms with Gasteiger partial charge in [-0.1, -0.05) is 0 Å². The summed E-state index contributed by atoms with van der Waals surface area (Å²) in [5, 5.41) is 0. The Morgan fingerprint density at radius 3 is 2.50 bits per heavy atom. The van der Waals surface area contributed by atoms with E-state index in [9.17, 15) is 0 Å². The molecule has 1 aromatic heterocycles. The first-order chi connectivity index (χ1) is 5.47. The quantitative estimate of drug-likeness (QED) is 0.684. The van der Waals surface area contributed by atoms with Crippen molar-refractivity contribution in [3.05, 3.63) is 6.33 Å². The predicted molar refractivity (Wildman–Crippen MR) is 48.2 cm³/mol. The molecule has 5 nitrogen and oxygen atoms in total. The molecule has 0 amide bonds. The van der Waals surface area contributed by atoms with Crippen molar-refractivity contribution in [2.24, 2.45) is 0 Å². The molecule has 0 saturated carbocycles. The molecular formula is C6H12N4OSi. The smallest absolute Gasteiger partial charge is 0.307 e. The molecule has 12 heavy (non-hydrogen) atoms. The van der Waals surface area contributed by atoms with Crippen LogP contribution in [-0.4, -0.2) is 23.3 Å². The zero-order valence-corrected chi connectivity index (χ0v) is 8.40. The van der Waals surface area contributed by atoms with Gasteiger partial charge in [0.1, 0.15) is 6.33 Å². The molecule has 0 aromatic carbocycles. The Morgan fingerprint density at radius 2 is 2.00 bits per heavy atom. The zero-order valence-electron chi connectivity index (χ0n) is 7.40. The van der Waals surface area contributed by atoms with Crippen LogP contribution >= 0.6 is 0 Å². The second kappa shape index (κ2) is 3.06. The Morgan fingerprint density at radius 1 is 1.33 bits per heavy atom. The van der Waals surface area contributed by atoms with Crippen molar-refractivity contribution < 1.29 is 4.43 Å². The molecule has 0 saturated heterocycles. The first kappa shape index (κ1) is 8.92. The summed E-state index contributed by atoms with van der Waals surface area (Å²) >= 11 is 0. The lowest BCUT2D eigenvalue weighted by atomic mass is 10.9. The highest BCUT2D eigenvalue weighted by molar-refractivity contribution is 6.70. The van der Waals surface area contributed by atoms with Crippen molar-refractivity contribution >= 4 is 14.3 Å². The number of nitrogens with zero attached hydrogens (tertiary/aromatic N) is 3. The van der Waals surface area contributed by atoms with Crippen LogP contribution in [0.5, 0.6) is 6.01 Å². The van der Waals surface area contributed by atoms with Gasteiger partial charge in [-0.2, -0.15) is 9.97 Å². The van der Waals surface area contributed by atoms with Crippen molar-refractivity contribution in [2.75, 3.05) is 5.73 Å². The average molecular weight is 184 g/mol. The number of aromatic nitrogens is 3. The molecule has 0 aliphatic carbocycles. The van der Waals surface area contributed by atoms with Crippen molar-refractivity contribution in [3.8, 4) is 6.01 Å². The lowest BCUT2D eigenvalue weighted by molar-refractivity contribution is 0.507. The normalized spacial score (nSPS) is 11.2. The number of hydrogen-bond acceptors (Lipinski definition) is 5. The highest BCUT2D eigenvalue weighted by Gasteiger charge is 2.17. The highest BCUT2D eigenvalue weighted by Crippen LogP contribution is 2.08. The van der Waals surface area contributed by atoms with Gasteiger partial charge in [-0.25, -0.2) is 4.98 Å². The monoisotopic (exact) mass is 184 g/mol. The van der Waals surface area contributed by atoms with E-state index in [0.29, 0.717) is 6.01 Å². The second-order valence-corrected chi connectivity index (χ2v) is 7.77. The van der Waals surface area contributed by atoms with Gasteiger partial charge in [0.05, 0.1) is 0 Å². The fraction of sp³-hybridized carbons (Fsp3) is 0.500. The molecule has 66 valence electrons. The van der Waals surface area contributed by atoms with E-state index in [1.807, 2.05) is 19.6 Å². The third-order valence-corrected chi connectivity index (χ3v) is 1.76. The van der Waals surface area contributed by atoms with Crippen LogP contribution in [0.25, 0.3) is 0 Å². The summed E-state index contributed by atoms with van der Waals surface area (Å²) in [5.41, 5.74) is 5.35. The van der Waals surface area contributed by atoms with Crippen molar-refractivity contribution in [3.63, 3.8) is 0 Å². The van der Waals surface area contributed by atoms with Gasteiger partial charge in [-0.15, -0.1) is 0 Å². The molecule has 0 unspecified atom stereocenters. The molecule has 0 radical (unpaired) electrons. The number of anilines is 1. The molecular weight excluding hydrogens is 172 g/mol. The molecule has 0 atom stereocenters. The third kappa shape index (κ3) is 2.83. The van der Waals surface area contributed by atoms with Crippen LogP contribution in [0, 0.1) is 0 Å². The largest absolute Gasteiger partial charge is 0.518 e. The summed E-state index contributed by atoms with van der Waals surface area (Å²) in [7, 11) is -1.63. The first-order valence-electron chi connectivity index (χ1n) is 3.61. The highest BCUT2D eigenvalue weighted by atomic mass is 28.4. The second-order valence-electron chi connectivity index (χ2n) is 3.34. The molecule has 0 fully saturated rings. The molecule has 0 bridgehead atoms. The van der Waals surface area contributed by atoms with Crippen LogP contribution in [0.15, 0.2) is 6.33 Å². The molecule has 1 heterocycles. The number of nitrogen functional groups attached to an aromatic ring is 1. The lowest BCUT2D eigenvalue weighted by Gasteiger charge is -2.16. The zero-order chi connectivity index (χ0) is 9.19. The molecule has 6 heteroatoms. The Labute approximate surface area is 72.1 Å². The topological polar surface area (TPSA) is 73.9 Å². The van der Waals surface area contributed by atoms with E-state index in [1.165, 1.54) is 6.33 Å². The van der Waals surface area contributed by atoms with Crippen molar-refractivity contribution in [1.29, 1.82) is 0 Å². The Bertz CT molecular complexity index is 272. The van der Waals surface area contributed by atoms with Crippen LogP contribution < -0.4 is 10.2 Å². The van der Waals surface area contributed by atoms with E-state index in [2.05, 4.69) is 15.0 Å². The van der Waals surface area contributed by atoms with Gasteiger partial charge >= 0.3 is 6.01 Å². The number of hydrogen-bond donors (Lipinski definition) is 1. The van der Waals surface area contributed by atoms with E-state index < -0.39 is 8.32 Å². The van der Waals surface area contributed by atoms with E-state index in [0.717, 1.165) is 0 Å². The van der Waals surface area contributed by atoms with Gasteiger partial charge in [-0.3, -0.25) is 0 Å². The van der Waals surface area contributed by atoms with Crippen LogP contribution in [0.4, 0.5) is 5.95 Å². The summed E-state index contributed by atoms with van der Waals surface area (Å²) in [6, 6.07) is 0.321. The van der Waals surface area contributed by atoms with Gasteiger partial charge in [0.25, 0.3) is 0 Å². The van der Waals surface area contributed by atoms with Gasteiger partial charge in [0, 0.05) is 0 Å². The van der Waals surface area contributed by atoms with E-state index in [4.69, 9.17) is 10.2 Å². The molecule has 2 N–H and O–H groups in total. The lowest BCUT2D eigenvalue weighted by Crippen LogP contribution is -2.30. The summed E-state index contributed by atoms with van der Waals surface area (Å²) in [5.74, 6) is 0.193. The summed E-state index contributed by atoms with van der Waals surface area (Å²) < 4.78 is 5.48. The van der Waals surface area contributed by atoms with Crippen LogP contribution in [0.2, 0.25) is 19.6 Å². The maximum Gasteiger partial charge on any atom is 0.307 e. The van der Waals surface area contributed by atoms with Gasteiger partial charge < -0.3 is 10.2 Å². The minimum atomic E-state index is -1.63. The minimum absolute atomic E-state index is 0.193. The third-order valence-electron chi connectivity index (χ3n) is 0.966. The number of rotatable bonds is 2. The molecule has 1 rings (SSSR count). The van der Waals surface area contributed by atoms with Gasteiger partial charge in [-0.05, 0) is 19.6 Å². The van der Waals surface area contributed by atoms with Crippen molar-refractivity contribution in [1.82, 2.24) is 15.0 Å². The number of nitrogens with two attached hydrogens (primary N) is 1. The fourth-order valence-corrected chi connectivity index (χ4v) is 1.26. The summed E-state index contributed by atoms with van der Waals surface area (Å²) in [6.45, 7) is 6.15. The van der Waals surface area contributed by atoms with Gasteiger partial charge in [0.15, 0.2) is 0 Å². The molecule has 0 spiro atoms. The fourth-order valence-electron chi connectivity index (χ4n) is 0.616. The average Bonchev–Trinajstić information content (AvgIpc) is 1.82. The molecule has 0 aliphatic rings. The molecule has 1 aromatic rings. The maximum atomic E-state index is 5.48. The molecule has 0 aliphatic heterocycles. The Kier molecular flexibility index (Phi) is 2.27. The van der Waals surface area contributed by atoms with Gasteiger partial charge in [0.2, 0.25) is 14.3 Å². The SMILES string of the molecule is C[Si](C)(C)Oc1ncnc(N)n1. The van der Waals surface area contributed by atoms with E-state index >= 15 is 0 Å². The predicted octanol–water partition coefficient (Wildman–Crippen LogP) is 0.667. The first-order valence-corrected chi connectivity index (χ1v) is 7.02. The Balaban J connectivity index is 2.77. The van der Waals surface area contributed by atoms with Crippen molar-refractivity contribution in [2.45, 2.75) is 19.6 Å². The van der Waals surface area contributed by atoms with Crippen LogP contribution in [0.1, 0.15) is 0 Å². The Hall–Kier alpha value is -1.17. The van der Waals surface area contributed by atoms with E-state index in [-0.39, 0.29) is 5.95 Å². The minimum Gasteiger partial charge on any atom is -0.518 e. The maximum absolute atomic E-state index is 5.48. The summed E-state index contributed by atoms with van der Waals surface area (Å²) in [4.78, 5) is 11.3. The van der Waals surface area contributed by atoms with Crippen LogP contribution in [0.3, 0.4) is 0 Å². The summed E-state index contributed by atoms with van der Waals surface area (Å²) in [6.07, 6.45) is 1.35. The van der Waals surface area contributed by atoms with E-state index in [1.54, 1.807) is 0 Å². The van der Waals surface area contributed by atoms with Crippen LogP contribution in [-0.2, 0) is 0 Å².